The van der Waals surface area contributed by atoms with Gasteiger partial charge >= 0.3 is 12.4 Å². The zero-order valence-electron chi connectivity index (χ0n) is 16.8. The summed E-state index contributed by atoms with van der Waals surface area (Å²) in [5.74, 6) is 0.0335. The van der Waals surface area contributed by atoms with Crippen LogP contribution in [-0.2, 0) is 12.4 Å². The van der Waals surface area contributed by atoms with Crippen molar-refractivity contribution in [3.63, 3.8) is 0 Å². The number of hydrogen-bond donors (Lipinski definition) is 4. The zero-order valence-corrected chi connectivity index (χ0v) is 16.8. The molecule has 170 valence electrons. The van der Waals surface area contributed by atoms with Gasteiger partial charge in [0.05, 0.1) is 22.5 Å². The minimum Gasteiger partial charge on any atom is -0.396 e. The molecular weight excluding hydrogens is 438 g/mol. The minimum atomic E-state index is -4.58. The number of nitrogen functional groups attached to an aromatic ring is 2. The first-order valence-corrected chi connectivity index (χ1v) is 9.06. The van der Waals surface area contributed by atoms with Crippen molar-refractivity contribution in [2.24, 2.45) is 0 Å². The molecule has 0 bridgehead atoms. The number of aromatic nitrogens is 2. The molecule has 0 aliphatic carbocycles. The highest BCUT2D eigenvalue weighted by atomic mass is 19.4. The number of anilines is 6. The van der Waals surface area contributed by atoms with E-state index in [-0.39, 0.29) is 23.0 Å². The summed E-state index contributed by atoms with van der Waals surface area (Å²) in [6.45, 7) is 3.51. The number of nitrogens with one attached hydrogen (secondary N) is 2. The highest BCUT2D eigenvalue weighted by molar-refractivity contribution is 5.77. The average molecular weight is 456 g/mol. The summed E-state index contributed by atoms with van der Waals surface area (Å²) in [6.07, 6.45) is -7.83. The van der Waals surface area contributed by atoms with Crippen molar-refractivity contribution in [3.05, 3.63) is 58.9 Å². The lowest BCUT2D eigenvalue weighted by Gasteiger charge is -2.17. The van der Waals surface area contributed by atoms with Crippen molar-refractivity contribution >= 4 is 34.4 Å². The van der Waals surface area contributed by atoms with Gasteiger partial charge in [0.2, 0.25) is 0 Å². The molecule has 0 radical (unpaired) electrons. The number of pyridine rings is 2. The summed E-state index contributed by atoms with van der Waals surface area (Å²) in [5, 5.41) is 5.74. The number of halogens is 6. The Labute approximate surface area is 178 Å². The van der Waals surface area contributed by atoms with E-state index >= 15 is 0 Å². The van der Waals surface area contributed by atoms with E-state index in [1.54, 1.807) is 26.0 Å². The first-order valence-electron chi connectivity index (χ1n) is 9.06. The van der Waals surface area contributed by atoms with E-state index in [2.05, 4.69) is 20.6 Å². The van der Waals surface area contributed by atoms with E-state index in [4.69, 9.17) is 11.5 Å². The SMILES string of the molecule is Cc1cc(C)c(Nc2ncc(C(F)(F)F)cc2N)cc1Nc1ncc(C(F)(F)F)cc1N. The molecule has 6 N–H and O–H groups in total. The second-order valence-electron chi connectivity index (χ2n) is 7.05. The number of nitrogens with two attached hydrogens (primary N) is 2. The van der Waals surface area contributed by atoms with Gasteiger partial charge in [-0.3, -0.25) is 0 Å². The van der Waals surface area contributed by atoms with E-state index < -0.39 is 23.5 Å². The molecule has 2 heterocycles. The minimum absolute atomic E-state index is 0.0167. The molecule has 0 aliphatic rings. The van der Waals surface area contributed by atoms with Crippen molar-refractivity contribution in [2.75, 3.05) is 22.1 Å². The van der Waals surface area contributed by atoms with Crippen LogP contribution in [0.3, 0.4) is 0 Å². The van der Waals surface area contributed by atoms with Crippen LogP contribution in [0, 0.1) is 13.8 Å². The topological polar surface area (TPSA) is 102 Å². The van der Waals surface area contributed by atoms with Gasteiger partial charge in [-0.1, -0.05) is 6.07 Å². The highest BCUT2D eigenvalue weighted by Gasteiger charge is 2.32. The molecule has 0 saturated carbocycles. The largest absolute Gasteiger partial charge is 0.417 e. The maximum Gasteiger partial charge on any atom is 0.417 e. The Kier molecular flexibility index (Phi) is 5.81. The molecule has 0 aliphatic heterocycles. The lowest BCUT2D eigenvalue weighted by molar-refractivity contribution is -0.138. The van der Waals surface area contributed by atoms with Crippen molar-refractivity contribution < 1.29 is 26.3 Å². The molecule has 3 aromatic rings. The van der Waals surface area contributed by atoms with Crippen LogP contribution in [0.4, 0.5) is 60.7 Å². The van der Waals surface area contributed by atoms with Crippen molar-refractivity contribution in [2.45, 2.75) is 26.2 Å². The molecule has 3 rings (SSSR count). The van der Waals surface area contributed by atoms with Crippen LogP contribution in [0.1, 0.15) is 22.3 Å². The summed E-state index contributed by atoms with van der Waals surface area (Å²) in [7, 11) is 0. The molecule has 1 aromatic carbocycles. The average Bonchev–Trinajstić information content (AvgIpc) is 2.66. The number of alkyl halides is 6. The van der Waals surface area contributed by atoms with E-state index in [9.17, 15) is 26.3 Å². The van der Waals surface area contributed by atoms with E-state index in [1.165, 1.54) is 0 Å². The Balaban J connectivity index is 1.90. The standard InChI is InChI=1S/C20H18F6N6/c1-9-3-10(2)16(32-18-14(28)5-12(8-30-18)20(24,25)26)6-15(9)31-17-13(27)4-11(7-29-17)19(21,22)23/h3-8H,27-28H2,1-2H3,(H,29,31)(H,30,32). The molecule has 12 heteroatoms. The van der Waals surface area contributed by atoms with Crippen LogP contribution < -0.4 is 22.1 Å². The predicted molar refractivity (Wildman–Crippen MR) is 110 cm³/mol. The van der Waals surface area contributed by atoms with Crippen molar-refractivity contribution in [3.8, 4) is 0 Å². The van der Waals surface area contributed by atoms with Crippen molar-refractivity contribution in [1.82, 2.24) is 9.97 Å². The summed E-state index contributed by atoms with van der Waals surface area (Å²) in [5.41, 5.74) is 11.4. The van der Waals surface area contributed by atoms with Crippen LogP contribution in [0.2, 0.25) is 0 Å². The zero-order chi connectivity index (χ0) is 23.8. The lowest BCUT2D eigenvalue weighted by atomic mass is 10.1. The normalized spacial score (nSPS) is 12.0. The fourth-order valence-electron chi connectivity index (χ4n) is 2.86. The molecule has 6 nitrogen and oxygen atoms in total. The smallest absolute Gasteiger partial charge is 0.396 e. The molecule has 0 spiro atoms. The molecular formula is C20H18F6N6. The monoisotopic (exact) mass is 456 g/mol. The lowest BCUT2D eigenvalue weighted by Crippen LogP contribution is -2.09. The van der Waals surface area contributed by atoms with Crippen molar-refractivity contribution in [1.29, 1.82) is 0 Å². The van der Waals surface area contributed by atoms with Crippen LogP contribution in [0.5, 0.6) is 0 Å². The summed E-state index contributed by atoms with van der Waals surface area (Å²) in [4.78, 5) is 7.50. The summed E-state index contributed by atoms with van der Waals surface area (Å²) < 4.78 is 76.9. The van der Waals surface area contributed by atoms with E-state index in [0.717, 1.165) is 23.3 Å². The van der Waals surface area contributed by atoms with Crippen LogP contribution in [-0.4, -0.2) is 9.97 Å². The molecule has 0 unspecified atom stereocenters. The third-order valence-corrected chi connectivity index (χ3v) is 4.57. The summed E-state index contributed by atoms with van der Waals surface area (Å²) in [6, 6.07) is 4.89. The van der Waals surface area contributed by atoms with Gasteiger partial charge in [-0.15, -0.1) is 0 Å². The molecule has 2 aromatic heterocycles. The number of nitrogens with zero attached hydrogens (tertiary/aromatic N) is 2. The van der Waals surface area contributed by atoms with E-state index in [1.807, 2.05) is 0 Å². The first-order chi connectivity index (χ1) is 14.8. The molecule has 0 fully saturated rings. The third-order valence-electron chi connectivity index (χ3n) is 4.57. The number of benzene rings is 1. The third kappa shape index (κ3) is 4.95. The maximum absolute atomic E-state index is 12.8. The Bertz CT molecular complexity index is 1070. The fourth-order valence-corrected chi connectivity index (χ4v) is 2.86. The molecule has 0 saturated heterocycles. The quantitative estimate of drug-likeness (QED) is 0.371. The Morgan fingerprint density at radius 1 is 0.656 bits per heavy atom. The van der Waals surface area contributed by atoms with Gasteiger partial charge in [0.1, 0.15) is 0 Å². The van der Waals surface area contributed by atoms with Crippen LogP contribution >= 0.6 is 0 Å². The van der Waals surface area contributed by atoms with Gasteiger partial charge in [0, 0.05) is 23.8 Å². The number of aryl methyl sites for hydroxylation is 2. The molecule has 0 atom stereocenters. The maximum atomic E-state index is 12.8. The van der Waals surface area contributed by atoms with Gasteiger partial charge in [-0.2, -0.15) is 26.3 Å². The Hall–Kier alpha value is -3.70. The van der Waals surface area contributed by atoms with Gasteiger partial charge in [0.15, 0.2) is 11.6 Å². The van der Waals surface area contributed by atoms with Gasteiger partial charge in [-0.05, 0) is 43.2 Å². The van der Waals surface area contributed by atoms with E-state index in [0.29, 0.717) is 23.8 Å². The van der Waals surface area contributed by atoms with Crippen LogP contribution in [0.15, 0.2) is 36.7 Å². The molecule has 32 heavy (non-hydrogen) atoms. The second kappa shape index (κ2) is 8.09. The second-order valence-corrected chi connectivity index (χ2v) is 7.05. The Morgan fingerprint density at radius 2 is 1.03 bits per heavy atom. The predicted octanol–water partition coefficient (Wildman–Crippen LogP) is 5.78. The highest BCUT2D eigenvalue weighted by Crippen LogP contribution is 2.36. The number of rotatable bonds is 4. The first kappa shape index (κ1) is 23.0. The van der Waals surface area contributed by atoms with Gasteiger partial charge in [-0.25, -0.2) is 9.97 Å². The van der Waals surface area contributed by atoms with Gasteiger partial charge < -0.3 is 22.1 Å². The Morgan fingerprint density at radius 3 is 1.34 bits per heavy atom. The molecule has 0 amide bonds. The number of hydrogen-bond acceptors (Lipinski definition) is 6. The van der Waals surface area contributed by atoms with Gasteiger partial charge in [0.25, 0.3) is 0 Å². The fraction of sp³-hybridized carbons (Fsp3) is 0.200. The summed E-state index contributed by atoms with van der Waals surface area (Å²) >= 11 is 0. The van der Waals surface area contributed by atoms with Crippen LogP contribution in [0.25, 0.3) is 0 Å².